The first-order chi connectivity index (χ1) is 7.19. The van der Waals surface area contributed by atoms with Crippen molar-refractivity contribution in [3.05, 3.63) is 21.9 Å². The van der Waals surface area contributed by atoms with E-state index in [4.69, 9.17) is 9.94 Å². The van der Waals surface area contributed by atoms with Crippen LogP contribution in [0.5, 0.6) is 0 Å². The quantitative estimate of drug-likeness (QED) is 0.370. The molecule has 1 aromatic rings. The van der Waals surface area contributed by atoms with Crippen LogP contribution >= 0.6 is 11.3 Å². The van der Waals surface area contributed by atoms with Crippen LogP contribution in [-0.2, 0) is 16.0 Å². The molecule has 15 heavy (non-hydrogen) atoms. The van der Waals surface area contributed by atoms with E-state index in [1.165, 1.54) is 11.3 Å². The van der Waals surface area contributed by atoms with Gasteiger partial charge < -0.3 is 9.94 Å². The van der Waals surface area contributed by atoms with Crippen LogP contribution in [-0.4, -0.2) is 23.5 Å². The number of carbonyl (C=O) groups excluding carboxylic acids is 1. The minimum absolute atomic E-state index is 0.0439. The fourth-order valence-corrected chi connectivity index (χ4v) is 2.01. The minimum Gasteiger partial charge on any atom is -0.461 e. The summed E-state index contributed by atoms with van der Waals surface area (Å²) in [7, 11) is 0. The van der Waals surface area contributed by atoms with Gasteiger partial charge in [0.1, 0.15) is 0 Å². The summed E-state index contributed by atoms with van der Waals surface area (Å²) in [5, 5.41) is 13.6. The lowest BCUT2D eigenvalue weighted by Crippen LogP contribution is -2.19. The van der Waals surface area contributed by atoms with Gasteiger partial charge in [0.2, 0.25) is 0 Å². The molecule has 0 atom stereocenters. The van der Waals surface area contributed by atoms with Gasteiger partial charge in [-0.2, -0.15) is 0 Å². The predicted octanol–water partition coefficient (Wildman–Crippen LogP) is 1.99. The summed E-state index contributed by atoms with van der Waals surface area (Å²) in [5.74, 6) is -0.562. The Hall–Kier alpha value is -1.36. The summed E-state index contributed by atoms with van der Waals surface area (Å²) in [4.78, 5) is 12.3. The smallest absolute Gasteiger partial charge is 0.356 e. The monoisotopic (exact) mass is 227 g/mol. The molecule has 0 aromatic carbocycles. The molecule has 1 N–H and O–H groups in total. The molecule has 0 aliphatic heterocycles. The molecule has 0 unspecified atom stereocenters. The van der Waals surface area contributed by atoms with Crippen molar-refractivity contribution in [3.63, 3.8) is 0 Å². The number of rotatable bonds is 4. The van der Waals surface area contributed by atoms with E-state index in [-0.39, 0.29) is 12.3 Å². The molecule has 0 amide bonds. The predicted molar refractivity (Wildman–Crippen MR) is 58.6 cm³/mol. The summed E-state index contributed by atoms with van der Waals surface area (Å²) < 4.78 is 4.76. The average Bonchev–Trinajstić information content (AvgIpc) is 2.61. The van der Waals surface area contributed by atoms with Gasteiger partial charge >= 0.3 is 5.97 Å². The summed E-state index contributed by atoms with van der Waals surface area (Å²) in [5.41, 5.74) is 1.13. The molecule has 5 heteroatoms. The molecule has 0 radical (unpaired) electrons. The second-order valence-electron chi connectivity index (χ2n) is 2.97. The van der Waals surface area contributed by atoms with Gasteiger partial charge in [0.15, 0.2) is 5.71 Å². The van der Waals surface area contributed by atoms with Crippen LogP contribution in [0.3, 0.4) is 0 Å². The van der Waals surface area contributed by atoms with E-state index in [2.05, 4.69) is 5.16 Å². The highest BCUT2D eigenvalue weighted by atomic mass is 32.1. The van der Waals surface area contributed by atoms with Crippen LogP contribution < -0.4 is 0 Å². The third kappa shape index (κ3) is 3.06. The van der Waals surface area contributed by atoms with E-state index in [1.54, 1.807) is 6.92 Å². The lowest BCUT2D eigenvalue weighted by Gasteiger charge is -2.03. The largest absolute Gasteiger partial charge is 0.461 e. The number of aryl methyl sites for hydroxylation is 1. The number of nitrogens with zero attached hydrogens (tertiary/aromatic N) is 1. The summed E-state index contributed by atoms with van der Waals surface area (Å²) >= 11 is 1.53. The Kier molecular flexibility index (Phi) is 4.30. The van der Waals surface area contributed by atoms with E-state index >= 15 is 0 Å². The molecule has 82 valence electrons. The van der Waals surface area contributed by atoms with Crippen LogP contribution in [0.25, 0.3) is 0 Å². The Labute approximate surface area is 92.2 Å². The average molecular weight is 227 g/mol. The van der Waals surface area contributed by atoms with Crippen molar-refractivity contribution in [1.82, 2.24) is 0 Å². The van der Waals surface area contributed by atoms with Crippen molar-refractivity contribution in [2.75, 3.05) is 6.61 Å². The maximum Gasteiger partial charge on any atom is 0.356 e. The van der Waals surface area contributed by atoms with Gasteiger partial charge in [0, 0.05) is 11.3 Å². The number of oxime groups is 1. The molecule has 0 aliphatic rings. The molecule has 1 heterocycles. The van der Waals surface area contributed by atoms with Gasteiger partial charge in [-0.15, -0.1) is 11.3 Å². The normalized spacial score (nSPS) is 11.5. The Balaban J connectivity index is 2.71. The van der Waals surface area contributed by atoms with Gasteiger partial charge in [0.25, 0.3) is 0 Å². The summed E-state index contributed by atoms with van der Waals surface area (Å²) in [6.45, 7) is 3.94. The fourth-order valence-electron chi connectivity index (χ4n) is 1.10. The van der Waals surface area contributed by atoms with Gasteiger partial charge in [-0.25, -0.2) is 4.79 Å². The Bertz CT molecular complexity index is 370. The van der Waals surface area contributed by atoms with Crippen molar-refractivity contribution in [2.45, 2.75) is 20.3 Å². The van der Waals surface area contributed by atoms with Crippen molar-refractivity contribution in [1.29, 1.82) is 0 Å². The molecule has 0 aliphatic carbocycles. The number of esters is 1. The maximum absolute atomic E-state index is 11.3. The second kappa shape index (κ2) is 5.50. The number of hydrogen-bond donors (Lipinski definition) is 1. The van der Waals surface area contributed by atoms with Crippen LogP contribution in [0.4, 0.5) is 0 Å². The topological polar surface area (TPSA) is 58.9 Å². The molecule has 0 fully saturated rings. The molecule has 0 bridgehead atoms. The highest BCUT2D eigenvalue weighted by Crippen LogP contribution is 2.16. The molecule has 0 saturated carbocycles. The first-order valence-electron chi connectivity index (χ1n) is 4.60. The SMILES string of the molecule is CCOC(=O)C(Cc1sccc1C)=NO. The zero-order valence-corrected chi connectivity index (χ0v) is 9.50. The van der Waals surface area contributed by atoms with Crippen molar-refractivity contribution in [2.24, 2.45) is 5.16 Å². The number of hydrogen-bond acceptors (Lipinski definition) is 5. The van der Waals surface area contributed by atoms with Crippen molar-refractivity contribution >= 4 is 23.0 Å². The maximum atomic E-state index is 11.3. The van der Waals surface area contributed by atoms with Crippen molar-refractivity contribution < 1.29 is 14.7 Å². The lowest BCUT2D eigenvalue weighted by atomic mass is 10.2. The van der Waals surface area contributed by atoms with E-state index in [0.717, 1.165) is 10.4 Å². The number of thiophene rings is 1. The van der Waals surface area contributed by atoms with Crippen LogP contribution in [0.15, 0.2) is 16.6 Å². The van der Waals surface area contributed by atoms with Gasteiger partial charge in [0.05, 0.1) is 6.61 Å². The van der Waals surface area contributed by atoms with E-state index < -0.39 is 5.97 Å². The first kappa shape index (κ1) is 11.7. The zero-order valence-electron chi connectivity index (χ0n) is 8.69. The Morgan fingerprint density at radius 1 is 1.67 bits per heavy atom. The molecule has 1 rings (SSSR count). The molecule has 1 aromatic heterocycles. The van der Waals surface area contributed by atoms with Crippen LogP contribution in [0.1, 0.15) is 17.4 Å². The van der Waals surface area contributed by atoms with Gasteiger partial charge in [-0.05, 0) is 30.9 Å². The Morgan fingerprint density at radius 3 is 2.87 bits per heavy atom. The van der Waals surface area contributed by atoms with E-state index in [9.17, 15) is 4.79 Å². The molecule has 4 nitrogen and oxygen atoms in total. The molecular weight excluding hydrogens is 214 g/mol. The first-order valence-corrected chi connectivity index (χ1v) is 5.48. The summed E-state index contributed by atoms with van der Waals surface area (Å²) in [6, 6.07) is 1.96. The lowest BCUT2D eigenvalue weighted by molar-refractivity contribution is -0.135. The summed E-state index contributed by atoms with van der Waals surface area (Å²) in [6.07, 6.45) is 0.318. The molecule has 0 saturated heterocycles. The van der Waals surface area contributed by atoms with E-state index in [1.807, 2.05) is 18.4 Å². The van der Waals surface area contributed by atoms with Gasteiger partial charge in [-0.1, -0.05) is 5.16 Å². The highest BCUT2D eigenvalue weighted by Gasteiger charge is 2.15. The van der Waals surface area contributed by atoms with E-state index in [0.29, 0.717) is 6.42 Å². The van der Waals surface area contributed by atoms with Crippen molar-refractivity contribution in [3.8, 4) is 0 Å². The minimum atomic E-state index is -0.562. The highest BCUT2D eigenvalue weighted by molar-refractivity contribution is 7.10. The number of carbonyl (C=O) groups is 1. The number of ether oxygens (including phenoxy) is 1. The fraction of sp³-hybridized carbons (Fsp3) is 0.400. The molecular formula is C10H13NO3S. The van der Waals surface area contributed by atoms with Crippen LogP contribution in [0, 0.1) is 6.92 Å². The Morgan fingerprint density at radius 2 is 2.40 bits per heavy atom. The standard InChI is InChI=1S/C10H13NO3S/c1-3-14-10(12)8(11-13)6-9-7(2)4-5-15-9/h4-5,13H,3,6H2,1-2H3. The zero-order chi connectivity index (χ0) is 11.3. The van der Waals surface area contributed by atoms with Gasteiger partial charge in [-0.3, -0.25) is 0 Å². The van der Waals surface area contributed by atoms with Crippen LogP contribution in [0.2, 0.25) is 0 Å². The third-order valence-electron chi connectivity index (χ3n) is 1.93. The second-order valence-corrected chi connectivity index (χ2v) is 3.97. The molecule has 0 spiro atoms. The third-order valence-corrected chi connectivity index (χ3v) is 2.95.